The Kier molecular flexibility index (Phi) is 3.07. The molecule has 0 aliphatic carbocycles. The molecule has 0 aromatic carbocycles. The van der Waals surface area contributed by atoms with E-state index in [9.17, 15) is 9.90 Å². The van der Waals surface area contributed by atoms with E-state index in [0.29, 0.717) is 35.0 Å². The number of rotatable bonds is 4. The molecule has 0 saturated carbocycles. The van der Waals surface area contributed by atoms with Crippen LogP contribution in [0.2, 0.25) is 5.02 Å². The third kappa shape index (κ3) is 2.21. The summed E-state index contributed by atoms with van der Waals surface area (Å²) >= 11 is 5.88. The number of aromatic nitrogens is 6. The summed E-state index contributed by atoms with van der Waals surface area (Å²) in [4.78, 5) is 15.4. The molecule has 9 heteroatoms. The topological polar surface area (TPSA) is 109 Å². The van der Waals surface area contributed by atoms with E-state index in [-0.39, 0.29) is 5.69 Å². The molecular formula is C11H9ClN6O2. The van der Waals surface area contributed by atoms with Gasteiger partial charge in [-0.05, 0) is 12.5 Å². The van der Waals surface area contributed by atoms with Crippen molar-refractivity contribution in [3.05, 3.63) is 40.6 Å². The van der Waals surface area contributed by atoms with E-state index in [1.807, 2.05) is 0 Å². The number of hydrogen-bond donors (Lipinski definition) is 2. The Labute approximate surface area is 117 Å². The Balaban J connectivity index is 2.02. The molecule has 3 heterocycles. The number of hydrogen-bond acceptors (Lipinski definition) is 5. The molecule has 0 aliphatic heterocycles. The predicted molar refractivity (Wildman–Crippen MR) is 68.7 cm³/mol. The lowest BCUT2D eigenvalue weighted by molar-refractivity contribution is 0.0690. The van der Waals surface area contributed by atoms with Crippen LogP contribution in [-0.4, -0.2) is 41.1 Å². The average molecular weight is 293 g/mol. The average Bonchev–Trinajstić information content (AvgIpc) is 3.02. The van der Waals surface area contributed by atoms with Crippen LogP contribution in [0.4, 0.5) is 0 Å². The number of H-pyrrole nitrogens is 1. The fourth-order valence-corrected chi connectivity index (χ4v) is 2.15. The van der Waals surface area contributed by atoms with Gasteiger partial charge < -0.3 is 9.51 Å². The van der Waals surface area contributed by atoms with Crippen molar-refractivity contribution in [3.63, 3.8) is 0 Å². The van der Waals surface area contributed by atoms with Crippen molar-refractivity contribution in [3.8, 4) is 0 Å². The van der Waals surface area contributed by atoms with E-state index in [1.54, 1.807) is 22.7 Å². The number of carboxylic acids is 1. The van der Waals surface area contributed by atoms with E-state index in [0.717, 1.165) is 0 Å². The Morgan fingerprint density at radius 3 is 3.00 bits per heavy atom. The molecule has 3 aromatic rings. The van der Waals surface area contributed by atoms with Gasteiger partial charge in [-0.3, -0.25) is 0 Å². The lowest BCUT2D eigenvalue weighted by atomic mass is 10.2. The third-order valence-corrected chi connectivity index (χ3v) is 3.10. The van der Waals surface area contributed by atoms with Crippen LogP contribution < -0.4 is 0 Å². The zero-order valence-corrected chi connectivity index (χ0v) is 10.9. The maximum absolute atomic E-state index is 11.3. The number of imidazole rings is 1. The highest BCUT2D eigenvalue weighted by Crippen LogP contribution is 2.18. The van der Waals surface area contributed by atoms with Crippen LogP contribution in [0.25, 0.3) is 5.65 Å². The Bertz CT molecular complexity index is 767. The molecule has 0 aliphatic rings. The van der Waals surface area contributed by atoms with Crippen molar-refractivity contribution in [1.82, 2.24) is 30.0 Å². The molecule has 0 bridgehead atoms. The SMILES string of the molecule is O=C(O)c1nc2cc(Cl)ccn2c1CCc1nn[nH]n1. The van der Waals surface area contributed by atoms with E-state index in [4.69, 9.17) is 11.6 Å². The van der Waals surface area contributed by atoms with Crippen LogP contribution in [0, 0.1) is 0 Å². The minimum Gasteiger partial charge on any atom is -0.476 e. The lowest BCUT2D eigenvalue weighted by Crippen LogP contribution is -2.05. The van der Waals surface area contributed by atoms with E-state index in [1.165, 1.54) is 0 Å². The number of carbonyl (C=O) groups is 1. The number of nitrogens with zero attached hydrogens (tertiary/aromatic N) is 5. The molecule has 20 heavy (non-hydrogen) atoms. The summed E-state index contributed by atoms with van der Waals surface area (Å²) in [5.74, 6) is -0.557. The maximum Gasteiger partial charge on any atom is 0.356 e. The fourth-order valence-electron chi connectivity index (χ4n) is 2.00. The molecule has 0 amide bonds. The van der Waals surface area contributed by atoms with Gasteiger partial charge in [0.15, 0.2) is 11.5 Å². The van der Waals surface area contributed by atoms with Gasteiger partial charge in [0.1, 0.15) is 5.65 Å². The fraction of sp³-hybridized carbons (Fsp3) is 0.182. The third-order valence-electron chi connectivity index (χ3n) is 2.86. The molecule has 0 atom stereocenters. The van der Waals surface area contributed by atoms with Crippen LogP contribution in [-0.2, 0) is 12.8 Å². The molecule has 0 unspecified atom stereocenters. The minimum atomic E-state index is -1.08. The van der Waals surface area contributed by atoms with Gasteiger partial charge in [0.25, 0.3) is 0 Å². The molecule has 102 valence electrons. The molecule has 0 saturated heterocycles. The summed E-state index contributed by atoms with van der Waals surface area (Å²) in [5.41, 5.74) is 1.09. The molecule has 0 spiro atoms. The number of pyridine rings is 1. The maximum atomic E-state index is 11.3. The summed E-state index contributed by atoms with van der Waals surface area (Å²) in [6.07, 6.45) is 2.60. The molecule has 3 rings (SSSR count). The number of fused-ring (bicyclic) bond motifs is 1. The van der Waals surface area contributed by atoms with Crippen molar-refractivity contribution in [2.45, 2.75) is 12.8 Å². The number of halogens is 1. The van der Waals surface area contributed by atoms with E-state index >= 15 is 0 Å². The second kappa shape index (κ2) is 4.89. The standard InChI is InChI=1S/C11H9ClN6O2/c12-6-3-4-18-7(1-2-8-14-16-17-15-8)10(11(19)20)13-9(18)5-6/h3-5H,1-2H2,(H,19,20)(H,14,15,16,17). The van der Waals surface area contributed by atoms with Crippen molar-refractivity contribution < 1.29 is 9.90 Å². The minimum absolute atomic E-state index is 0.00996. The van der Waals surface area contributed by atoms with Crippen LogP contribution >= 0.6 is 11.6 Å². The first kappa shape index (κ1) is 12.5. The highest BCUT2D eigenvalue weighted by atomic mass is 35.5. The van der Waals surface area contributed by atoms with Crippen molar-refractivity contribution in [2.24, 2.45) is 0 Å². The first-order valence-corrected chi connectivity index (χ1v) is 6.15. The predicted octanol–water partition coefficient (Wildman–Crippen LogP) is 0.984. The van der Waals surface area contributed by atoms with E-state index < -0.39 is 5.97 Å². The number of tetrazole rings is 1. The summed E-state index contributed by atoms with van der Waals surface area (Å²) < 4.78 is 1.70. The Morgan fingerprint density at radius 2 is 2.30 bits per heavy atom. The van der Waals surface area contributed by atoms with Gasteiger partial charge in [0.05, 0.1) is 5.69 Å². The van der Waals surface area contributed by atoms with Crippen LogP contribution in [0.5, 0.6) is 0 Å². The first-order valence-electron chi connectivity index (χ1n) is 5.77. The highest BCUT2D eigenvalue weighted by Gasteiger charge is 2.18. The first-order chi connectivity index (χ1) is 9.65. The van der Waals surface area contributed by atoms with Gasteiger partial charge in [-0.1, -0.05) is 16.8 Å². The number of nitrogens with one attached hydrogen (secondary N) is 1. The second-order valence-corrected chi connectivity index (χ2v) is 4.55. The number of aromatic amines is 1. The van der Waals surface area contributed by atoms with Gasteiger partial charge in [0, 0.05) is 23.7 Å². The van der Waals surface area contributed by atoms with Crippen LogP contribution in [0.3, 0.4) is 0 Å². The quantitative estimate of drug-likeness (QED) is 0.742. The largest absolute Gasteiger partial charge is 0.476 e. The Morgan fingerprint density at radius 1 is 1.45 bits per heavy atom. The zero-order chi connectivity index (χ0) is 14.1. The van der Waals surface area contributed by atoms with Crippen LogP contribution in [0.1, 0.15) is 22.0 Å². The summed E-state index contributed by atoms with van der Waals surface area (Å²) in [5, 5.41) is 23.2. The van der Waals surface area contributed by atoms with E-state index in [2.05, 4.69) is 25.6 Å². The molecule has 3 aromatic heterocycles. The van der Waals surface area contributed by atoms with Gasteiger partial charge >= 0.3 is 5.97 Å². The summed E-state index contributed by atoms with van der Waals surface area (Å²) in [7, 11) is 0. The van der Waals surface area contributed by atoms with Crippen molar-refractivity contribution in [1.29, 1.82) is 0 Å². The summed E-state index contributed by atoms with van der Waals surface area (Å²) in [6, 6.07) is 3.30. The highest BCUT2D eigenvalue weighted by molar-refractivity contribution is 6.30. The zero-order valence-electron chi connectivity index (χ0n) is 10.1. The van der Waals surface area contributed by atoms with Crippen molar-refractivity contribution in [2.75, 3.05) is 0 Å². The molecule has 0 fully saturated rings. The monoisotopic (exact) mass is 292 g/mol. The van der Waals surface area contributed by atoms with Crippen LogP contribution in [0.15, 0.2) is 18.3 Å². The van der Waals surface area contributed by atoms with Gasteiger partial charge in [0.2, 0.25) is 0 Å². The molecule has 8 nitrogen and oxygen atoms in total. The van der Waals surface area contributed by atoms with Gasteiger partial charge in [-0.15, -0.1) is 10.2 Å². The number of carboxylic acid groups (broad SMARTS) is 1. The van der Waals surface area contributed by atoms with Crippen molar-refractivity contribution >= 4 is 23.2 Å². The molecular weight excluding hydrogens is 284 g/mol. The lowest BCUT2D eigenvalue weighted by Gasteiger charge is -2.01. The second-order valence-electron chi connectivity index (χ2n) is 4.11. The molecule has 0 radical (unpaired) electrons. The summed E-state index contributed by atoms with van der Waals surface area (Å²) in [6.45, 7) is 0. The number of aryl methyl sites for hydroxylation is 2. The smallest absolute Gasteiger partial charge is 0.356 e. The van der Waals surface area contributed by atoms with Gasteiger partial charge in [-0.25, -0.2) is 9.78 Å². The normalized spacial score (nSPS) is 11.1. The Hall–Kier alpha value is -2.48. The van der Waals surface area contributed by atoms with Gasteiger partial charge in [-0.2, -0.15) is 5.21 Å². The number of aromatic carboxylic acids is 1. The molecule has 2 N–H and O–H groups in total.